The number of nitrogens with one attached hydrogen (secondary N) is 1. The fraction of sp³-hybridized carbons (Fsp3) is 0.625. The van der Waals surface area contributed by atoms with Gasteiger partial charge in [-0.25, -0.2) is 4.98 Å². The Morgan fingerprint density at radius 2 is 1.95 bits per heavy atom. The van der Waals surface area contributed by atoms with Crippen molar-refractivity contribution in [2.75, 3.05) is 5.32 Å². The van der Waals surface area contributed by atoms with Crippen LogP contribution in [0.5, 0.6) is 0 Å². The molecule has 0 bridgehead atoms. The Hall–Kier alpha value is -1.09. The van der Waals surface area contributed by atoms with Gasteiger partial charge in [-0.15, -0.1) is 0 Å². The van der Waals surface area contributed by atoms with Crippen LogP contribution in [0.2, 0.25) is 5.02 Å². The molecule has 1 aliphatic carbocycles. The monoisotopic (exact) mass is 294 g/mol. The smallest absolute Gasteiger partial charge is 0.228 e. The van der Waals surface area contributed by atoms with Gasteiger partial charge in [0.2, 0.25) is 5.91 Å². The minimum absolute atomic E-state index is 0.0760. The van der Waals surface area contributed by atoms with Crippen LogP contribution in [0.25, 0.3) is 0 Å². The molecule has 4 heteroatoms. The fourth-order valence-electron chi connectivity index (χ4n) is 2.92. The molecule has 3 nitrogen and oxygen atoms in total. The van der Waals surface area contributed by atoms with Gasteiger partial charge in [0.25, 0.3) is 0 Å². The maximum absolute atomic E-state index is 12.2. The molecule has 0 radical (unpaired) electrons. The molecule has 1 amide bonds. The van der Waals surface area contributed by atoms with E-state index in [-0.39, 0.29) is 11.8 Å². The van der Waals surface area contributed by atoms with Crippen molar-refractivity contribution in [3.05, 3.63) is 23.4 Å². The van der Waals surface area contributed by atoms with Gasteiger partial charge in [0, 0.05) is 17.1 Å². The van der Waals surface area contributed by atoms with Gasteiger partial charge < -0.3 is 5.32 Å². The van der Waals surface area contributed by atoms with Crippen LogP contribution in [0.4, 0.5) is 5.82 Å². The predicted octanol–water partition coefficient (Wildman–Crippen LogP) is 4.53. The number of hydrogen-bond donors (Lipinski definition) is 1. The average molecular weight is 295 g/mol. The summed E-state index contributed by atoms with van der Waals surface area (Å²) in [6.45, 7) is 6.86. The molecule has 0 saturated heterocycles. The van der Waals surface area contributed by atoms with E-state index in [1.807, 2.05) is 0 Å². The number of amides is 1. The molecular formula is C16H23ClN2O. The first-order valence-corrected chi connectivity index (χ1v) is 7.66. The third kappa shape index (κ3) is 3.95. The van der Waals surface area contributed by atoms with Gasteiger partial charge >= 0.3 is 0 Å². The lowest BCUT2D eigenvalue weighted by Gasteiger charge is -2.36. The summed E-state index contributed by atoms with van der Waals surface area (Å²) in [5, 5.41) is 3.46. The van der Waals surface area contributed by atoms with Crippen LogP contribution in [0, 0.1) is 17.3 Å². The SMILES string of the molecule is CC(C)(C)C1CCC(C(=O)Nc2cc(Cl)ccn2)CC1. The maximum Gasteiger partial charge on any atom is 0.228 e. The quantitative estimate of drug-likeness (QED) is 0.871. The minimum atomic E-state index is 0.0760. The van der Waals surface area contributed by atoms with Crippen molar-refractivity contribution in [3.8, 4) is 0 Å². The number of carbonyl (C=O) groups excluding carboxylic acids is 1. The minimum Gasteiger partial charge on any atom is -0.310 e. The molecular weight excluding hydrogens is 272 g/mol. The Bertz CT molecular complexity index is 474. The van der Waals surface area contributed by atoms with E-state index in [0.29, 0.717) is 16.3 Å². The summed E-state index contributed by atoms with van der Waals surface area (Å²) in [6, 6.07) is 3.38. The van der Waals surface area contributed by atoms with Crippen LogP contribution in [-0.2, 0) is 4.79 Å². The third-order valence-corrected chi connectivity index (χ3v) is 4.53. The van der Waals surface area contributed by atoms with Gasteiger partial charge in [-0.1, -0.05) is 32.4 Å². The molecule has 1 aliphatic rings. The van der Waals surface area contributed by atoms with Gasteiger partial charge in [0.15, 0.2) is 0 Å². The van der Waals surface area contributed by atoms with Crippen molar-refractivity contribution in [2.45, 2.75) is 46.5 Å². The van der Waals surface area contributed by atoms with Crippen molar-refractivity contribution in [1.29, 1.82) is 0 Å². The molecule has 1 aromatic heterocycles. The molecule has 1 aromatic rings. The van der Waals surface area contributed by atoms with E-state index in [2.05, 4.69) is 31.1 Å². The highest BCUT2D eigenvalue weighted by Gasteiger charge is 2.32. The number of anilines is 1. The van der Waals surface area contributed by atoms with Gasteiger partial charge in [-0.3, -0.25) is 4.79 Å². The number of nitrogens with zero attached hydrogens (tertiary/aromatic N) is 1. The molecule has 20 heavy (non-hydrogen) atoms. The zero-order valence-corrected chi connectivity index (χ0v) is 13.2. The van der Waals surface area contributed by atoms with E-state index >= 15 is 0 Å². The van der Waals surface area contributed by atoms with Gasteiger partial charge in [0.1, 0.15) is 5.82 Å². The fourth-order valence-corrected chi connectivity index (χ4v) is 3.08. The van der Waals surface area contributed by atoms with Gasteiger partial charge in [-0.2, -0.15) is 0 Å². The standard InChI is InChI=1S/C16H23ClN2O/c1-16(2,3)12-6-4-11(5-7-12)15(20)19-14-10-13(17)8-9-18-14/h8-12H,4-7H2,1-3H3,(H,18,19,20). The average Bonchev–Trinajstić information content (AvgIpc) is 2.38. The summed E-state index contributed by atoms with van der Waals surface area (Å²) in [5.74, 6) is 1.44. The lowest BCUT2D eigenvalue weighted by Crippen LogP contribution is -2.31. The van der Waals surface area contributed by atoms with Crippen LogP contribution < -0.4 is 5.32 Å². The highest BCUT2D eigenvalue weighted by molar-refractivity contribution is 6.30. The number of hydrogen-bond acceptors (Lipinski definition) is 2. The second kappa shape index (κ2) is 6.13. The zero-order valence-electron chi connectivity index (χ0n) is 12.4. The zero-order chi connectivity index (χ0) is 14.8. The Balaban J connectivity index is 1.89. The van der Waals surface area contributed by atoms with Crippen LogP contribution in [0.15, 0.2) is 18.3 Å². The maximum atomic E-state index is 12.2. The Kier molecular flexibility index (Phi) is 4.69. The van der Waals surface area contributed by atoms with E-state index in [1.54, 1.807) is 18.3 Å². The Morgan fingerprint density at radius 1 is 1.30 bits per heavy atom. The Morgan fingerprint density at radius 3 is 2.50 bits per heavy atom. The molecule has 2 rings (SSSR count). The van der Waals surface area contributed by atoms with Gasteiger partial charge in [-0.05, 0) is 49.1 Å². The van der Waals surface area contributed by atoms with E-state index in [1.165, 1.54) is 0 Å². The molecule has 0 aliphatic heterocycles. The summed E-state index contributed by atoms with van der Waals surface area (Å²) in [4.78, 5) is 16.4. The summed E-state index contributed by atoms with van der Waals surface area (Å²) in [7, 11) is 0. The van der Waals surface area contributed by atoms with Crippen molar-refractivity contribution in [3.63, 3.8) is 0 Å². The van der Waals surface area contributed by atoms with Gasteiger partial charge in [0.05, 0.1) is 0 Å². The first-order valence-electron chi connectivity index (χ1n) is 7.28. The first kappa shape index (κ1) is 15.3. The lowest BCUT2D eigenvalue weighted by atomic mass is 9.70. The second-order valence-corrected chi connectivity index (χ2v) is 7.20. The molecule has 0 spiro atoms. The van der Waals surface area contributed by atoms with E-state index < -0.39 is 0 Å². The number of carbonyl (C=O) groups is 1. The molecule has 0 atom stereocenters. The van der Waals surface area contributed by atoms with Crippen LogP contribution in [-0.4, -0.2) is 10.9 Å². The number of aromatic nitrogens is 1. The predicted molar refractivity (Wildman–Crippen MR) is 82.8 cm³/mol. The van der Waals surface area contributed by atoms with E-state index in [9.17, 15) is 4.79 Å². The summed E-state index contributed by atoms with van der Waals surface area (Å²) < 4.78 is 0. The largest absolute Gasteiger partial charge is 0.310 e. The van der Waals surface area contributed by atoms with E-state index in [0.717, 1.165) is 31.6 Å². The molecule has 110 valence electrons. The Labute approximate surface area is 126 Å². The lowest BCUT2D eigenvalue weighted by molar-refractivity contribution is -0.121. The van der Waals surface area contributed by atoms with Crippen molar-refractivity contribution in [2.24, 2.45) is 17.3 Å². The molecule has 1 fully saturated rings. The topological polar surface area (TPSA) is 42.0 Å². The summed E-state index contributed by atoms with van der Waals surface area (Å²) in [6.07, 6.45) is 5.80. The molecule has 0 unspecified atom stereocenters. The molecule has 0 aromatic carbocycles. The second-order valence-electron chi connectivity index (χ2n) is 6.76. The highest BCUT2D eigenvalue weighted by atomic mass is 35.5. The van der Waals surface area contributed by atoms with Crippen LogP contribution >= 0.6 is 11.6 Å². The molecule has 1 heterocycles. The number of rotatable bonds is 2. The normalized spacial score (nSPS) is 23.4. The first-order chi connectivity index (χ1) is 9.36. The number of halogens is 1. The highest BCUT2D eigenvalue weighted by Crippen LogP contribution is 2.40. The van der Waals surface area contributed by atoms with Crippen molar-refractivity contribution < 1.29 is 4.79 Å². The molecule has 1 N–H and O–H groups in total. The number of pyridine rings is 1. The van der Waals surface area contributed by atoms with Crippen LogP contribution in [0.1, 0.15) is 46.5 Å². The summed E-state index contributed by atoms with van der Waals surface area (Å²) in [5.41, 5.74) is 0.343. The molecule has 1 saturated carbocycles. The van der Waals surface area contributed by atoms with Crippen molar-refractivity contribution in [1.82, 2.24) is 4.98 Å². The third-order valence-electron chi connectivity index (χ3n) is 4.30. The van der Waals surface area contributed by atoms with Crippen LogP contribution in [0.3, 0.4) is 0 Å². The van der Waals surface area contributed by atoms with Crippen molar-refractivity contribution >= 4 is 23.3 Å². The van der Waals surface area contributed by atoms with E-state index in [4.69, 9.17) is 11.6 Å². The summed E-state index contributed by atoms with van der Waals surface area (Å²) >= 11 is 5.89.